The Morgan fingerprint density at radius 2 is 2.15 bits per heavy atom. The first kappa shape index (κ1) is 14.1. The van der Waals surface area contributed by atoms with Gasteiger partial charge in [0.1, 0.15) is 0 Å². The Kier molecular flexibility index (Phi) is 4.41. The van der Waals surface area contributed by atoms with Crippen molar-refractivity contribution in [2.24, 2.45) is 7.05 Å². The van der Waals surface area contributed by atoms with Crippen LogP contribution in [0.4, 0.5) is 0 Å². The lowest BCUT2D eigenvalue weighted by atomic mass is 9.91. The molecule has 4 heteroatoms. The Labute approximate surface area is 129 Å². The van der Waals surface area contributed by atoms with Gasteiger partial charge in [0, 0.05) is 30.4 Å². The molecule has 0 atom stereocenters. The van der Waals surface area contributed by atoms with Crippen LogP contribution in [-0.2, 0) is 13.6 Å². The highest BCUT2D eigenvalue weighted by molar-refractivity contribution is 9.09. The Balaban J connectivity index is 1.82. The third-order valence-electron chi connectivity index (χ3n) is 4.36. The average Bonchev–Trinajstić information content (AvgIpc) is 2.71. The Hall–Kier alpha value is -0.870. The van der Waals surface area contributed by atoms with Crippen LogP contribution < -0.4 is 0 Å². The SMILES string of the molecule is Cn1nc(CN(CCCBr)C2CCC2)c2ccccc21. The highest BCUT2D eigenvalue weighted by Crippen LogP contribution is 2.28. The van der Waals surface area contributed by atoms with Crippen molar-refractivity contribution < 1.29 is 0 Å². The van der Waals surface area contributed by atoms with E-state index in [9.17, 15) is 0 Å². The van der Waals surface area contributed by atoms with Gasteiger partial charge in [-0.05, 0) is 31.9 Å². The van der Waals surface area contributed by atoms with E-state index in [-0.39, 0.29) is 0 Å². The molecular formula is C16H22BrN3. The lowest BCUT2D eigenvalue weighted by Gasteiger charge is -2.37. The molecule has 1 aliphatic rings. The second-order valence-electron chi connectivity index (χ2n) is 5.69. The highest BCUT2D eigenvalue weighted by Gasteiger charge is 2.25. The predicted octanol–water partition coefficient (Wildman–Crippen LogP) is 3.71. The standard InChI is InChI=1S/C16H22BrN3/c1-19-16-9-3-2-8-14(16)15(18-19)12-20(11-5-10-17)13-6-4-7-13/h2-3,8-9,13H,4-7,10-12H2,1H3. The topological polar surface area (TPSA) is 21.1 Å². The van der Waals surface area contributed by atoms with Crippen LogP contribution in [0, 0.1) is 0 Å². The summed E-state index contributed by atoms with van der Waals surface area (Å²) in [5, 5.41) is 7.13. The zero-order valence-corrected chi connectivity index (χ0v) is 13.6. The van der Waals surface area contributed by atoms with Gasteiger partial charge < -0.3 is 0 Å². The molecule has 1 aliphatic carbocycles. The van der Waals surface area contributed by atoms with E-state index >= 15 is 0 Å². The number of halogens is 1. The van der Waals surface area contributed by atoms with Crippen LogP contribution in [0.15, 0.2) is 24.3 Å². The van der Waals surface area contributed by atoms with E-state index in [2.05, 4.69) is 45.1 Å². The van der Waals surface area contributed by atoms with E-state index in [1.807, 2.05) is 11.7 Å². The number of alkyl halides is 1. The van der Waals surface area contributed by atoms with Crippen LogP contribution in [0.25, 0.3) is 10.9 Å². The Bertz CT molecular complexity index is 574. The minimum atomic E-state index is 0.773. The monoisotopic (exact) mass is 335 g/mol. The van der Waals surface area contributed by atoms with Crippen molar-refractivity contribution in [1.82, 2.24) is 14.7 Å². The Morgan fingerprint density at radius 3 is 2.85 bits per heavy atom. The lowest BCUT2D eigenvalue weighted by molar-refractivity contribution is 0.119. The van der Waals surface area contributed by atoms with E-state index in [4.69, 9.17) is 5.10 Å². The van der Waals surface area contributed by atoms with Crippen LogP contribution in [0.3, 0.4) is 0 Å². The molecule has 0 unspecified atom stereocenters. The molecule has 0 amide bonds. The summed E-state index contributed by atoms with van der Waals surface area (Å²) in [6, 6.07) is 9.32. The van der Waals surface area contributed by atoms with Crippen molar-refractivity contribution in [3.63, 3.8) is 0 Å². The number of hydrogen-bond donors (Lipinski definition) is 0. The van der Waals surface area contributed by atoms with Crippen LogP contribution >= 0.6 is 15.9 Å². The zero-order valence-electron chi connectivity index (χ0n) is 12.1. The maximum absolute atomic E-state index is 4.74. The molecule has 0 spiro atoms. The smallest absolute Gasteiger partial charge is 0.0843 e. The molecule has 3 rings (SSSR count). The number of aromatic nitrogens is 2. The molecule has 0 bridgehead atoms. The van der Waals surface area contributed by atoms with Gasteiger partial charge >= 0.3 is 0 Å². The van der Waals surface area contributed by atoms with E-state index in [1.165, 1.54) is 48.8 Å². The summed E-state index contributed by atoms with van der Waals surface area (Å²) in [5.41, 5.74) is 2.46. The first-order valence-electron chi connectivity index (χ1n) is 7.50. The van der Waals surface area contributed by atoms with Gasteiger partial charge in [0.05, 0.1) is 11.2 Å². The van der Waals surface area contributed by atoms with Crippen molar-refractivity contribution >= 4 is 26.8 Å². The van der Waals surface area contributed by atoms with Crippen molar-refractivity contribution in [2.75, 3.05) is 11.9 Å². The molecular weight excluding hydrogens is 314 g/mol. The van der Waals surface area contributed by atoms with Crippen LogP contribution in [-0.4, -0.2) is 32.6 Å². The zero-order chi connectivity index (χ0) is 13.9. The number of nitrogens with zero attached hydrogens (tertiary/aromatic N) is 3. The molecule has 0 aliphatic heterocycles. The highest BCUT2D eigenvalue weighted by atomic mass is 79.9. The van der Waals surface area contributed by atoms with Gasteiger partial charge in [0.15, 0.2) is 0 Å². The van der Waals surface area contributed by atoms with E-state index in [0.29, 0.717) is 0 Å². The van der Waals surface area contributed by atoms with Gasteiger partial charge in [-0.1, -0.05) is 40.5 Å². The third-order valence-corrected chi connectivity index (χ3v) is 4.92. The van der Waals surface area contributed by atoms with Crippen molar-refractivity contribution in [3.8, 4) is 0 Å². The summed E-state index contributed by atoms with van der Waals surface area (Å²) in [6.07, 6.45) is 5.31. The maximum Gasteiger partial charge on any atom is 0.0843 e. The van der Waals surface area contributed by atoms with E-state index < -0.39 is 0 Å². The van der Waals surface area contributed by atoms with Gasteiger partial charge in [-0.3, -0.25) is 9.58 Å². The van der Waals surface area contributed by atoms with Crippen molar-refractivity contribution in [2.45, 2.75) is 38.3 Å². The van der Waals surface area contributed by atoms with Gasteiger partial charge in [0.2, 0.25) is 0 Å². The molecule has 20 heavy (non-hydrogen) atoms. The largest absolute Gasteiger partial charge is 0.294 e. The van der Waals surface area contributed by atoms with Crippen LogP contribution in [0.1, 0.15) is 31.4 Å². The number of aryl methyl sites for hydroxylation is 1. The quantitative estimate of drug-likeness (QED) is 0.750. The molecule has 0 N–H and O–H groups in total. The van der Waals surface area contributed by atoms with Gasteiger partial charge in [-0.25, -0.2) is 0 Å². The normalized spacial score (nSPS) is 15.9. The summed E-state index contributed by atoms with van der Waals surface area (Å²) in [7, 11) is 2.04. The summed E-state index contributed by atoms with van der Waals surface area (Å²) in [5.74, 6) is 0. The van der Waals surface area contributed by atoms with Crippen LogP contribution in [0.5, 0.6) is 0 Å². The maximum atomic E-state index is 4.74. The molecule has 108 valence electrons. The summed E-state index contributed by atoms with van der Waals surface area (Å²) in [6.45, 7) is 2.15. The number of hydrogen-bond acceptors (Lipinski definition) is 2. The first-order valence-corrected chi connectivity index (χ1v) is 8.62. The summed E-state index contributed by atoms with van der Waals surface area (Å²) >= 11 is 3.55. The second-order valence-corrected chi connectivity index (χ2v) is 6.48. The molecule has 3 nitrogen and oxygen atoms in total. The summed E-state index contributed by atoms with van der Waals surface area (Å²) < 4.78 is 2.01. The number of fused-ring (bicyclic) bond motifs is 1. The minimum absolute atomic E-state index is 0.773. The fourth-order valence-electron chi connectivity index (χ4n) is 3.00. The summed E-state index contributed by atoms with van der Waals surface area (Å²) in [4.78, 5) is 2.62. The molecule has 0 radical (unpaired) electrons. The number of rotatable bonds is 6. The number of benzene rings is 1. The predicted molar refractivity (Wildman–Crippen MR) is 87.2 cm³/mol. The Morgan fingerprint density at radius 1 is 1.35 bits per heavy atom. The fraction of sp³-hybridized carbons (Fsp3) is 0.562. The van der Waals surface area contributed by atoms with Gasteiger partial charge in [0.25, 0.3) is 0 Å². The molecule has 2 aromatic rings. The first-order chi connectivity index (χ1) is 9.79. The van der Waals surface area contributed by atoms with E-state index in [1.54, 1.807) is 0 Å². The molecule has 1 aromatic carbocycles. The van der Waals surface area contributed by atoms with Gasteiger partial charge in [-0.2, -0.15) is 5.10 Å². The molecule has 0 saturated heterocycles. The second kappa shape index (κ2) is 6.27. The lowest BCUT2D eigenvalue weighted by Crippen LogP contribution is -2.40. The number of para-hydroxylation sites is 1. The van der Waals surface area contributed by atoms with Gasteiger partial charge in [-0.15, -0.1) is 0 Å². The van der Waals surface area contributed by atoms with Crippen molar-refractivity contribution in [1.29, 1.82) is 0 Å². The van der Waals surface area contributed by atoms with Crippen LogP contribution in [0.2, 0.25) is 0 Å². The molecule has 1 heterocycles. The third kappa shape index (κ3) is 2.77. The minimum Gasteiger partial charge on any atom is -0.294 e. The van der Waals surface area contributed by atoms with E-state index in [0.717, 1.165) is 17.9 Å². The average molecular weight is 336 g/mol. The molecule has 1 saturated carbocycles. The van der Waals surface area contributed by atoms with Crippen molar-refractivity contribution in [3.05, 3.63) is 30.0 Å². The fourth-order valence-corrected chi connectivity index (χ4v) is 3.25. The molecule has 1 aromatic heterocycles. The molecule has 1 fully saturated rings.